The van der Waals surface area contributed by atoms with Gasteiger partial charge in [0.1, 0.15) is 0 Å². The highest BCUT2D eigenvalue weighted by atomic mass is 32.1. The van der Waals surface area contributed by atoms with Gasteiger partial charge in [-0.25, -0.2) is 0 Å². The lowest BCUT2D eigenvalue weighted by molar-refractivity contribution is -0.119. The molecule has 3 rings (SSSR count). The zero-order valence-electron chi connectivity index (χ0n) is 11.4. The highest BCUT2D eigenvalue weighted by Crippen LogP contribution is 2.36. The zero-order chi connectivity index (χ0) is 14.0. The normalized spacial score (nSPS) is 25.0. The molecule has 4 nitrogen and oxygen atoms in total. The molecule has 1 aromatic rings. The highest BCUT2D eigenvalue weighted by Gasteiger charge is 2.44. The van der Waals surface area contributed by atoms with Crippen molar-refractivity contribution < 1.29 is 4.79 Å². The second-order valence-electron chi connectivity index (χ2n) is 5.77. The van der Waals surface area contributed by atoms with Crippen molar-refractivity contribution in [2.45, 2.75) is 19.4 Å². The van der Waals surface area contributed by atoms with E-state index in [1.165, 1.54) is 5.56 Å². The number of carbonyl (C=O) groups is 1. The summed E-state index contributed by atoms with van der Waals surface area (Å²) in [7, 11) is 0. The number of rotatable bonds is 2. The molecular weight excluding hydrogens is 270 g/mol. The molecule has 0 aromatic heterocycles. The number of likely N-dealkylation sites (tertiary alicyclic amines) is 1. The maximum atomic E-state index is 11.4. The molecule has 1 atom stereocenters. The van der Waals surface area contributed by atoms with Crippen molar-refractivity contribution in [1.29, 1.82) is 0 Å². The fourth-order valence-electron chi connectivity index (χ4n) is 3.03. The molecule has 0 saturated carbocycles. The van der Waals surface area contributed by atoms with Crippen LogP contribution in [0.2, 0.25) is 0 Å². The fraction of sp³-hybridized carbons (Fsp3) is 0.467. The third-order valence-corrected chi connectivity index (χ3v) is 4.61. The second-order valence-corrected chi connectivity index (χ2v) is 6.16. The molecule has 2 aliphatic heterocycles. The van der Waals surface area contributed by atoms with Gasteiger partial charge < -0.3 is 15.5 Å². The maximum absolute atomic E-state index is 11.4. The van der Waals surface area contributed by atoms with Gasteiger partial charge >= 0.3 is 0 Å². The molecule has 5 heteroatoms. The lowest BCUT2D eigenvalue weighted by atomic mass is 9.86. The number of thiocarbonyl (C=S) groups is 1. The van der Waals surface area contributed by atoms with E-state index in [0.29, 0.717) is 6.42 Å². The average Bonchev–Trinajstić information content (AvgIpc) is 3.04. The SMILES string of the molecule is O=C1CC2(CCN(C(=S)NCc3ccccc3)C2)CN1. The largest absolute Gasteiger partial charge is 0.358 e. The lowest BCUT2D eigenvalue weighted by Gasteiger charge is -2.24. The monoisotopic (exact) mass is 289 g/mol. The summed E-state index contributed by atoms with van der Waals surface area (Å²) in [4.78, 5) is 13.6. The van der Waals surface area contributed by atoms with E-state index in [2.05, 4.69) is 27.7 Å². The zero-order valence-corrected chi connectivity index (χ0v) is 12.2. The van der Waals surface area contributed by atoms with Gasteiger partial charge in [-0.1, -0.05) is 30.3 Å². The summed E-state index contributed by atoms with van der Waals surface area (Å²) in [5.74, 6) is 0.176. The Morgan fingerprint density at radius 1 is 1.40 bits per heavy atom. The Morgan fingerprint density at radius 3 is 2.90 bits per heavy atom. The minimum Gasteiger partial charge on any atom is -0.358 e. The van der Waals surface area contributed by atoms with E-state index < -0.39 is 0 Å². The van der Waals surface area contributed by atoms with Crippen LogP contribution in [0, 0.1) is 5.41 Å². The molecule has 1 aromatic carbocycles. The van der Waals surface area contributed by atoms with E-state index >= 15 is 0 Å². The minimum absolute atomic E-state index is 0.107. The van der Waals surface area contributed by atoms with Gasteiger partial charge in [0.15, 0.2) is 5.11 Å². The van der Waals surface area contributed by atoms with Crippen molar-refractivity contribution >= 4 is 23.2 Å². The molecule has 2 N–H and O–H groups in total. The van der Waals surface area contributed by atoms with Crippen molar-refractivity contribution in [1.82, 2.24) is 15.5 Å². The molecule has 0 bridgehead atoms. The van der Waals surface area contributed by atoms with Crippen molar-refractivity contribution in [2.24, 2.45) is 5.41 Å². The van der Waals surface area contributed by atoms with Gasteiger partial charge in [-0.05, 0) is 24.2 Å². The summed E-state index contributed by atoms with van der Waals surface area (Å²) in [6.07, 6.45) is 1.68. The van der Waals surface area contributed by atoms with Crippen LogP contribution in [0.5, 0.6) is 0 Å². The number of carbonyl (C=O) groups excluding carboxylic acids is 1. The van der Waals surface area contributed by atoms with Crippen LogP contribution < -0.4 is 10.6 Å². The predicted octanol–water partition coefficient (Wildman–Crippen LogP) is 1.27. The Hall–Kier alpha value is -1.62. The fourth-order valence-corrected chi connectivity index (χ4v) is 3.26. The summed E-state index contributed by atoms with van der Waals surface area (Å²) >= 11 is 5.47. The first-order valence-electron chi connectivity index (χ1n) is 7.00. The van der Waals surface area contributed by atoms with E-state index in [9.17, 15) is 4.79 Å². The summed E-state index contributed by atoms with van der Waals surface area (Å²) in [6, 6.07) is 10.2. The number of nitrogens with one attached hydrogen (secondary N) is 2. The molecule has 2 fully saturated rings. The molecule has 106 valence electrons. The molecule has 1 amide bonds. The van der Waals surface area contributed by atoms with E-state index in [4.69, 9.17) is 12.2 Å². The van der Waals surface area contributed by atoms with E-state index in [1.807, 2.05) is 18.2 Å². The Balaban J connectivity index is 1.53. The molecule has 2 aliphatic rings. The Kier molecular flexibility index (Phi) is 3.61. The van der Waals surface area contributed by atoms with Crippen molar-refractivity contribution in [2.75, 3.05) is 19.6 Å². The van der Waals surface area contributed by atoms with Gasteiger partial charge in [0.05, 0.1) is 0 Å². The molecule has 2 heterocycles. The van der Waals surface area contributed by atoms with Crippen molar-refractivity contribution in [3.05, 3.63) is 35.9 Å². The molecule has 0 radical (unpaired) electrons. The first-order valence-corrected chi connectivity index (χ1v) is 7.41. The Morgan fingerprint density at radius 2 is 2.20 bits per heavy atom. The van der Waals surface area contributed by atoms with E-state index in [-0.39, 0.29) is 11.3 Å². The Labute approximate surface area is 124 Å². The summed E-state index contributed by atoms with van der Waals surface area (Å²) < 4.78 is 0. The van der Waals surface area contributed by atoms with E-state index in [1.54, 1.807) is 0 Å². The number of benzene rings is 1. The average molecular weight is 289 g/mol. The summed E-state index contributed by atoms with van der Waals surface area (Å²) in [5, 5.41) is 7.05. The van der Waals surface area contributed by atoms with Crippen LogP contribution in [0.25, 0.3) is 0 Å². The van der Waals surface area contributed by atoms with Crippen LogP contribution >= 0.6 is 12.2 Å². The minimum atomic E-state index is 0.107. The van der Waals surface area contributed by atoms with Gasteiger partial charge in [-0.15, -0.1) is 0 Å². The van der Waals surface area contributed by atoms with Crippen molar-refractivity contribution in [3.8, 4) is 0 Å². The van der Waals surface area contributed by atoms with Gasteiger partial charge in [0.2, 0.25) is 5.91 Å². The molecular formula is C15H19N3OS. The maximum Gasteiger partial charge on any atom is 0.220 e. The smallest absolute Gasteiger partial charge is 0.220 e. The molecule has 2 saturated heterocycles. The van der Waals surface area contributed by atoms with Crippen LogP contribution in [0.15, 0.2) is 30.3 Å². The number of nitrogens with zero attached hydrogens (tertiary/aromatic N) is 1. The molecule has 1 unspecified atom stereocenters. The summed E-state index contributed by atoms with van der Waals surface area (Å²) in [6.45, 7) is 3.37. The number of amides is 1. The standard InChI is InChI=1S/C15H19N3OS/c19-13-8-15(10-17-13)6-7-18(11-15)14(20)16-9-12-4-2-1-3-5-12/h1-5H,6-11H2,(H,16,20)(H,17,19). The third kappa shape index (κ3) is 2.77. The highest BCUT2D eigenvalue weighted by molar-refractivity contribution is 7.80. The van der Waals surface area contributed by atoms with Gasteiger partial charge in [-0.2, -0.15) is 0 Å². The van der Waals surface area contributed by atoms with E-state index in [0.717, 1.165) is 37.7 Å². The van der Waals surface area contributed by atoms with Gasteiger partial charge in [0, 0.05) is 38.0 Å². The third-order valence-electron chi connectivity index (χ3n) is 4.21. The van der Waals surface area contributed by atoms with Crippen molar-refractivity contribution in [3.63, 3.8) is 0 Å². The predicted molar refractivity (Wildman–Crippen MR) is 82.1 cm³/mol. The van der Waals surface area contributed by atoms with Crippen LogP contribution in [0.4, 0.5) is 0 Å². The number of hydrogen-bond acceptors (Lipinski definition) is 2. The van der Waals surface area contributed by atoms with Crippen LogP contribution in [0.3, 0.4) is 0 Å². The van der Waals surface area contributed by atoms with Crippen LogP contribution in [-0.2, 0) is 11.3 Å². The summed E-state index contributed by atoms with van der Waals surface area (Å²) in [5.41, 5.74) is 1.33. The number of hydrogen-bond donors (Lipinski definition) is 2. The second kappa shape index (κ2) is 5.40. The van der Waals surface area contributed by atoms with Crippen LogP contribution in [-0.4, -0.2) is 35.6 Å². The molecule has 20 heavy (non-hydrogen) atoms. The topological polar surface area (TPSA) is 44.4 Å². The van der Waals surface area contributed by atoms with Crippen LogP contribution in [0.1, 0.15) is 18.4 Å². The Bertz CT molecular complexity index is 519. The first kappa shape index (κ1) is 13.4. The lowest BCUT2D eigenvalue weighted by Crippen LogP contribution is -2.39. The van der Waals surface area contributed by atoms with Gasteiger partial charge in [0.25, 0.3) is 0 Å². The molecule has 0 aliphatic carbocycles. The quantitative estimate of drug-likeness (QED) is 0.805. The first-order chi connectivity index (χ1) is 9.67. The molecule has 1 spiro atoms. The van der Waals surface area contributed by atoms with Gasteiger partial charge in [-0.3, -0.25) is 4.79 Å².